The van der Waals surface area contributed by atoms with Gasteiger partial charge in [-0.15, -0.1) is 0 Å². The number of aliphatic hydroxyl groups excluding tert-OH is 1. The number of ketones is 1. The van der Waals surface area contributed by atoms with Crippen molar-refractivity contribution in [3.05, 3.63) is 0 Å². The van der Waals surface area contributed by atoms with Crippen molar-refractivity contribution in [1.29, 1.82) is 0 Å². The van der Waals surface area contributed by atoms with Crippen molar-refractivity contribution in [2.45, 2.75) is 84.7 Å². The predicted molar refractivity (Wildman–Crippen MR) is 97.9 cm³/mol. The van der Waals surface area contributed by atoms with Crippen LogP contribution < -0.4 is 0 Å². The molecule has 0 aromatic heterocycles. The molecule has 0 aromatic carbocycles. The Labute approximate surface area is 152 Å². The molecule has 1 spiro atoms. The minimum Gasteiger partial charge on any atom is -0.396 e. The summed E-state index contributed by atoms with van der Waals surface area (Å²) in [6, 6.07) is 0. The zero-order valence-electron chi connectivity index (χ0n) is 16.5. The van der Waals surface area contributed by atoms with Gasteiger partial charge in [0.05, 0.1) is 0 Å². The fourth-order valence-electron chi connectivity index (χ4n) is 8.85. The van der Waals surface area contributed by atoms with Crippen molar-refractivity contribution < 1.29 is 15.0 Å². The SMILES string of the molecule is CC(=O)C1(O)C2CCC3C4(C)CCCC(C)(C)C4CCC3(C2)C1CO. The Morgan fingerprint density at radius 2 is 1.76 bits per heavy atom. The molecule has 0 amide bonds. The Kier molecular flexibility index (Phi) is 3.82. The molecule has 0 saturated heterocycles. The first kappa shape index (κ1) is 18.0. The standard InChI is InChI=1S/C22H36O3/c1-14(24)22(25)15-6-7-17-20(4)10-5-9-19(2,3)16(20)8-11-21(17,12-15)18(22)13-23/h15-18,23,25H,5-13H2,1-4H3. The Hall–Kier alpha value is -0.410. The summed E-state index contributed by atoms with van der Waals surface area (Å²) in [5, 5.41) is 21.7. The number of carbonyl (C=O) groups excluding carboxylic acids is 1. The average molecular weight is 349 g/mol. The number of Topliss-reactive ketones (excluding diaryl/α,β-unsaturated/α-hetero) is 1. The van der Waals surface area contributed by atoms with Crippen LogP contribution in [-0.4, -0.2) is 28.2 Å². The molecule has 4 saturated carbocycles. The third kappa shape index (κ3) is 2.03. The monoisotopic (exact) mass is 348 g/mol. The summed E-state index contributed by atoms with van der Waals surface area (Å²) in [4.78, 5) is 12.5. The first-order valence-electron chi connectivity index (χ1n) is 10.5. The minimum atomic E-state index is -1.29. The van der Waals surface area contributed by atoms with Crippen molar-refractivity contribution in [2.24, 2.45) is 39.9 Å². The Balaban J connectivity index is 1.80. The largest absolute Gasteiger partial charge is 0.396 e. The lowest BCUT2D eigenvalue weighted by Gasteiger charge is -2.64. The van der Waals surface area contributed by atoms with Gasteiger partial charge < -0.3 is 10.2 Å². The molecule has 0 aliphatic heterocycles. The molecule has 4 aliphatic carbocycles. The molecule has 3 nitrogen and oxygen atoms in total. The van der Waals surface area contributed by atoms with E-state index < -0.39 is 5.60 Å². The van der Waals surface area contributed by atoms with Gasteiger partial charge in [-0.2, -0.15) is 0 Å². The van der Waals surface area contributed by atoms with Crippen molar-refractivity contribution in [1.82, 2.24) is 0 Å². The van der Waals surface area contributed by atoms with Gasteiger partial charge in [0, 0.05) is 12.5 Å². The molecule has 4 fully saturated rings. The van der Waals surface area contributed by atoms with Gasteiger partial charge >= 0.3 is 0 Å². The molecule has 2 bridgehead atoms. The second kappa shape index (κ2) is 5.32. The van der Waals surface area contributed by atoms with Crippen LogP contribution in [0.2, 0.25) is 0 Å². The second-order valence-corrected chi connectivity index (χ2v) is 10.8. The number of rotatable bonds is 2. The maximum atomic E-state index is 12.5. The summed E-state index contributed by atoms with van der Waals surface area (Å²) in [6.45, 7) is 8.88. The molecule has 3 heteroatoms. The van der Waals surface area contributed by atoms with E-state index in [1.807, 2.05) is 0 Å². The molecule has 142 valence electrons. The van der Waals surface area contributed by atoms with E-state index in [0.29, 0.717) is 16.7 Å². The molecule has 0 heterocycles. The number of hydrogen-bond donors (Lipinski definition) is 2. The van der Waals surface area contributed by atoms with E-state index in [2.05, 4.69) is 20.8 Å². The van der Waals surface area contributed by atoms with Crippen molar-refractivity contribution in [2.75, 3.05) is 6.61 Å². The van der Waals surface area contributed by atoms with Crippen LogP contribution in [0, 0.1) is 39.9 Å². The van der Waals surface area contributed by atoms with Crippen LogP contribution in [0.4, 0.5) is 0 Å². The first-order valence-corrected chi connectivity index (χ1v) is 10.5. The predicted octanol–water partition coefficient (Wildman–Crippen LogP) is 3.96. The highest BCUT2D eigenvalue weighted by molar-refractivity contribution is 5.86. The Morgan fingerprint density at radius 1 is 1.04 bits per heavy atom. The van der Waals surface area contributed by atoms with Crippen LogP contribution in [0.3, 0.4) is 0 Å². The highest BCUT2D eigenvalue weighted by Crippen LogP contribution is 2.74. The molecule has 2 N–H and O–H groups in total. The van der Waals surface area contributed by atoms with Crippen molar-refractivity contribution >= 4 is 5.78 Å². The van der Waals surface area contributed by atoms with E-state index in [1.54, 1.807) is 0 Å². The van der Waals surface area contributed by atoms with E-state index in [-0.39, 0.29) is 29.6 Å². The summed E-state index contributed by atoms with van der Waals surface area (Å²) < 4.78 is 0. The van der Waals surface area contributed by atoms with E-state index in [4.69, 9.17) is 0 Å². The fourth-order valence-corrected chi connectivity index (χ4v) is 8.85. The van der Waals surface area contributed by atoms with E-state index in [9.17, 15) is 15.0 Å². The zero-order valence-corrected chi connectivity index (χ0v) is 16.5. The summed E-state index contributed by atoms with van der Waals surface area (Å²) >= 11 is 0. The Morgan fingerprint density at radius 3 is 2.40 bits per heavy atom. The van der Waals surface area contributed by atoms with Gasteiger partial charge in [0.1, 0.15) is 5.60 Å². The summed E-state index contributed by atoms with van der Waals surface area (Å²) in [5.74, 6) is 0.935. The fraction of sp³-hybridized carbons (Fsp3) is 0.955. The van der Waals surface area contributed by atoms with Crippen LogP contribution in [-0.2, 0) is 4.79 Å². The van der Waals surface area contributed by atoms with E-state index in [1.165, 1.54) is 32.6 Å². The highest BCUT2D eigenvalue weighted by Gasteiger charge is 2.72. The lowest BCUT2D eigenvalue weighted by atomic mass is 9.40. The maximum absolute atomic E-state index is 12.5. The molecular weight excluding hydrogens is 312 g/mol. The van der Waals surface area contributed by atoms with Gasteiger partial charge in [0.15, 0.2) is 5.78 Å². The van der Waals surface area contributed by atoms with Crippen LogP contribution in [0.15, 0.2) is 0 Å². The molecule has 25 heavy (non-hydrogen) atoms. The lowest BCUT2D eigenvalue weighted by molar-refractivity contribution is -0.172. The summed E-state index contributed by atoms with van der Waals surface area (Å²) in [6.07, 6.45) is 9.17. The van der Waals surface area contributed by atoms with Gasteiger partial charge in [-0.25, -0.2) is 0 Å². The lowest BCUT2D eigenvalue weighted by Crippen LogP contribution is -2.59. The molecule has 4 aliphatic rings. The topological polar surface area (TPSA) is 57.5 Å². The van der Waals surface area contributed by atoms with E-state index in [0.717, 1.165) is 31.6 Å². The molecule has 4 rings (SSSR count). The minimum absolute atomic E-state index is 0.0310. The third-order valence-electron chi connectivity index (χ3n) is 9.69. The molecule has 7 unspecified atom stereocenters. The van der Waals surface area contributed by atoms with E-state index >= 15 is 0 Å². The number of carbonyl (C=O) groups is 1. The quantitative estimate of drug-likeness (QED) is 0.794. The highest BCUT2D eigenvalue weighted by atomic mass is 16.3. The first-order chi connectivity index (χ1) is 11.6. The van der Waals surface area contributed by atoms with Crippen molar-refractivity contribution in [3.8, 4) is 0 Å². The maximum Gasteiger partial charge on any atom is 0.161 e. The molecule has 0 radical (unpaired) electrons. The Bertz CT molecular complexity index is 584. The molecule has 0 aromatic rings. The molecule has 7 atom stereocenters. The van der Waals surface area contributed by atoms with Gasteiger partial charge in [0.2, 0.25) is 0 Å². The van der Waals surface area contributed by atoms with Gasteiger partial charge in [-0.05, 0) is 85.9 Å². The smallest absolute Gasteiger partial charge is 0.161 e. The van der Waals surface area contributed by atoms with Gasteiger partial charge in [0.25, 0.3) is 0 Å². The number of aliphatic hydroxyl groups is 2. The number of hydrogen-bond acceptors (Lipinski definition) is 3. The van der Waals surface area contributed by atoms with Crippen molar-refractivity contribution in [3.63, 3.8) is 0 Å². The van der Waals surface area contributed by atoms with Gasteiger partial charge in [-0.3, -0.25) is 4.79 Å². The average Bonchev–Trinajstić information content (AvgIpc) is 2.70. The zero-order chi connectivity index (χ0) is 18.3. The van der Waals surface area contributed by atoms with Crippen LogP contribution in [0.25, 0.3) is 0 Å². The van der Waals surface area contributed by atoms with Crippen LogP contribution in [0.1, 0.15) is 79.1 Å². The number of fused-ring (bicyclic) bond motifs is 3. The third-order valence-corrected chi connectivity index (χ3v) is 9.69. The summed E-state index contributed by atoms with van der Waals surface area (Å²) in [7, 11) is 0. The van der Waals surface area contributed by atoms with Crippen LogP contribution in [0.5, 0.6) is 0 Å². The van der Waals surface area contributed by atoms with Crippen LogP contribution >= 0.6 is 0 Å². The van der Waals surface area contributed by atoms with Gasteiger partial charge in [-0.1, -0.05) is 27.2 Å². The summed E-state index contributed by atoms with van der Waals surface area (Å²) in [5.41, 5.74) is -0.649. The normalized spacial score (nSPS) is 53.8. The second-order valence-electron chi connectivity index (χ2n) is 10.8. The molecular formula is C22H36O3.